The molecule has 3 aromatic carbocycles. The van der Waals surface area contributed by atoms with Gasteiger partial charge in [0.1, 0.15) is 5.75 Å². The third kappa shape index (κ3) is 7.48. The number of nitrogens with one attached hydrogen (secondary N) is 2. The van der Waals surface area contributed by atoms with Gasteiger partial charge in [-0.3, -0.25) is 9.59 Å². The van der Waals surface area contributed by atoms with E-state index in [2.05, 4.69) is 10.6 Å². The van der Waals surface area contributed by atoms with E-state index in [0.29, 0.717) is 18.7 Å². The molecule has 7 heteroatoms. The minimum Gasteiger partial charge on any atom is -0.497 e. The number of hydrogen-bond acceptors (Lipinski definition) is 5. The summed E-state index contributed by atoms with van der Waals surface area (Å²) in [6, 6.07) is 21.8. The average molecular weight is 461 g/mol. The van der Waals surface area contributed by atoms with E-state index in [1.54, 1.807) is 31.4 Å². The lowest BCUT2D eigenvalue weighted by atomic mass is 10.1. The van der Waals surface area contributed by atoms with Gasteiger partial charge in [-0.15, -0.1) is 0 Å². The van der Waals surface area contributed by atoms with Crippen LogP contribution in [-0.4, -0.2) is 31.5 Å². The molecule has 0 heterocycles. The van der Waals surface area contributed by atoms with E-state index in [1.807, 2.05) is 55.5 Å². The van der Waals surface area contributed by atoms with Crippen molar-refractivity contribution in [1.29, 1.82) is 0 Å². The van der Waals surface area contributed by atoms with Crippen molar-refractivity contribution in [2.24, 2.45) is 0 Å². The first-order chi connectivity index (χ1) is 16.4. The average Bonchev–Trinajstić information content (AvgIpc) is 2.86. The molecule has 2 N–H and O–H groups in total. The van der Waals surface area contributed by atoms with Gasteiger partial charge in [0.2, 0.25) is 5.91 Å². The fraction of sp³-hybridized carbons (Fsp3) is 0.222. The zero-order valence-electron chi connectivity index (χ0n) is 19.3. The van der Waals surface area contributed by atoms with E-state index in [-0.39, 0.29) is 17.9 Å². The van der Waals surface area contributed by atoms with Crippen LogP contribution in [-0.2, 0) is 27.3 Å². The first kappa shape index (κ1) is 24.5. The van der Waals surface area contributed by atoms with Crippen molar-refractivity contribution in [3.8, 4) is 5.75 Å². The summed E-state index contributed by atoms with van der Waals surface area (Å²) >= 11 is 0. The lowest BCUT2D eigenvalue weighted by Crippen LogP contribution is -2.28. The van der Waals surface area contributed by atoms with Crippen molar-refractivity contribution in [3.63, 3.8) is 0 Å². The van der Waals surface area contributed by atoms with Crippen LogP contribution < -0.4 is 15.4 Å². The Morgan fingerprint density at radius 3 is 2.21 bits per heavy atom. The van der Waals surface area contributed by atoms with E-state index < -0.39 is 18.5 Å². The SMILES string of the molecule is COc1ccc(CCC(=O)Nc2ccccc2C(=O)OCC(=O)NCc2ccc(C)cc2)cc1. The van der Waals surface area contributed by atoms with Crippen LogP contribution in [0, 0.1) is 6.92 Å². The lowest BCUT2D eigenvalue weighted by molar-refractivity contribution is -0.124. The number of para-hydroxylation sites is 1. The standard InChI is InChI=1S/C27H28N2O5/c1-19-7-9-21(10-8-19)17-28-26(31)18-34-27(32)23-5-3-4-6-24(23)29-25(30)16-13-20-11-14-22(33-2)15-12-20/h3-12,14-15H,13,16-18H2,1-2H3,(H,28,31)(H,29,30). The summed E-state index contributed by atoms with van der Waals surface area (Å²) in [5.41, 5.74) is 3.61. The van der Waals surface area contributed by atoms with Crippen LogP contribution >= 0.6 is 0 Å². The first-order valence-corrected chi connectivity index (χ1v) is 11.0. The van der Waals surface area contributed by atoms with Crippen LogP contribution in [0.3, 0.4) is 0 Å². The summed E-state index contributed by atoms with van der Waals surface area (Å²) in [5.74, 6) is -0.567. The van der Waals surface area contributed by atoms with Gasteiger partial charge in [-0.25, -0.2) is 4.79 Å². The molecule has 0 saturated heterocycles. The molecule has 0 aliphatic carbocycles. The Morgan fingerprint density at radius 2 is 1.50 bits per heavy atom. The van der Waals surface area contributed by atoms with Crippen molar-refractivity contribution in [1.82, 2.24) is 5.32 Å². The Labute approximate surface area is 199 Å². The molecule has 34 heavy (non-hydrogen) atoms. The lowest BCUT2D eigenvalue weighted by Gasteiger charge is -2.11. The predicted octanol–water partition coefficient (Wildman–Crippen LogP) is 4.05. The fourth-order valence-electron chi connectivity index (χ4n) is 3.20. The number of aryl methyl sites for hydroxylation is 2. The highest BCUT2D eigenvalue weighted by Crippen LogP contribution is 2.18. The highest BCUT2D eigenvalue weighted by atomic mass is 16.5. The third-order valence-corrected chi connectivity index (χ3v) is 5.17. The van der Waals surface area contributed by atoms with Crippen LogP contribution in [0.5, 0.6) is 5.75 Å². The zero-order valence-corrected chi connectivity index (χ0v) is 19.3. The molecule has 7 nitrogen and oxygen atoms in total. The summed E-state index contributed by atoms with van der Waals surface area (Å²) in [6.45, 7) is 1.92. The molecule has 3 rings (SSSR count). The topological polar surface area (TPSA) is 93.7 Å². The van der Waals surface area contributed by atoms with Crippen molar-refractivity contribution < 1.29 is 23.9 Å². The smallest absolute Gasteiger partial charge is 0.340 e. The molecule has 0 atom stereocenters. The van der Waals surface area contributed by atoms with Crippen LogP contribution in [0.25, 0.3) is 0 Å². The van der Waals surface area contributed by atoms with Gasteiger partial charge in [-0.05, 0) is 48.7 Å². The van der Waals surface area contributed by atoms with Crippen LogP contribution in [0.2, 0.25) is 0 Å². The second kappa shape index (κ2) is 12.2. The van der Waals surface area contributed by atoms with Gasteiger partial charge in [0.25, 0.3) is 5.91 Å². The molecule has 0 aliphatic rings. The quantitative estimate of drug-likeness (QED) is 0.445. The molecule has 0 saturated carbocycles. The normalized spacial score (nSPS) is 10.3. The molecule has 3 aromatic rings. The van der Waals surface area contributed by atoms with E-state index in [0.717, 1.165) is 22.4 Å². The molecule has 0 radical (unpaired) electrons. The maximum atomic E-state index is 12.5. The summed E-state index contributed by atoms with van der Waals surface area (Å²) in [7, 11) is 1.60. The van der Waals surface area contributed by atoms with E-state index in [9.17, 15) is 14.4 Å². The zero-order chi connectivity index (χ0) is 24.3. The van der Waals surface area contributed by atoms with E-state index in [4.69, 9.17) is 9.47 Å². The minimum atomic E-state index is -0.684. The van der Waals surface area contributed by atoms with Gasteiger partial charge in [-0.2, -0.15) is 0 Å². The Hall–Kier alpha value is -4.13. The Balaban J connectivity index is 1.48. The number of anilines is 1. The summed E-state index contributed by atoms with van der Waals surface area (Å²) in [6.07, 6.45) is 0.792. The molecular weight excluding hydrogens is 432 g/mol. The van der Waals surface area contributed by atoms with Crippen molar-refractivity contribution in [2.45, 2.75) is 26.3 Å². The van der Waals surface area contributed by atoms with E-state index in [1.165, 1.54) is 0 Å². The molecule has 0 bridgehead atoms. The highest BCUT2D eigenvalue weighted by molar-refractivity contribution is 6.01. The number of benzene rings is 3. The number of esters is 1. The minimum absolute atomic E-state index is 0.187. The molecular formula is C27H28N2O5. The molecule has 0 unspecified atom stereocenters. The molecule has 0 fully saturated rings. The monoisotopic (exact) mass is 460 g/mol. The molecule has 176 valence electrons. The van der Waals surface area contributed by atoms with Crippen molar-refractivity contribution >= 4 is 23.5 Å². The first-order valence-electron chi connectivity index (χ1n) is 11.0. The predicted molar refractivity (Wildman–Crippen MR) is 130 cm³/mol. The largest absolute Gasteiger partial charge is 0.497 e. The number of rotatable bonds is 10. The number of ether oxygens (including phenoxy) is 2. The maximum absolute atomic E-state index is 12.5. The van der Waals surface area contributed by atoms with E-state index >= 15 is 0 Å². The van der Waals surface area contributed by atoms with Crippen molar-refractivity contribution in [2.75, 3.05) is 19.0 Å². The Morgan fingerprint density at radius 1 is 0.824 bits per heavy atom. The third-order valence-electron chi connectivity index (χ3n) is 5.17. The molecule has 0 aromatic heterocycles. The number of carbonyl (C=O) groups excluding carboxylic acids is 3. The Kier molecular flexibility index (Phi) is 8.80. The second-order valence-electron chi connectivity index (χ2n) is 7.78. The van der Waals surface area contributed by atoms with Crippen LogP contribution in [0.1, 0.15) is 33.5 Å². The maximum Gasteiger partial charge on any atom is 0.340 e. The number of methoxy groups -OCH3 is 1. The number of amides is 2. The second-order valence-corrected chi connectivity index (χ2v) is 7.78. The number of carbonyl (C=O) groups is 3. The molecule has 0 spiro atoms. The van der Waals surface area contributed by atoms with Gasteiger partial charge < -0.3 is 20.1 Å². The number of hydrogen-bond donors (Lipinski definition) is 2. The summed E-state index contributed by atoms with van der Waals surface area (Å²) < 4.78 is 10.3. The van der Waals surface area contributed by atoms with Gasteiger partial charge in [0.05, 0.1) is 18.4 Å². The van der Waals surface area contributed by atoms with Gasteiger partial charge in [0, 0.05) is 13.0 Å². The van der Waals surface area contributed by atoms with Gasteiger partial charge in [0.15, 0.2) is 6.61 Å². The molecule has 0 aliphatic heterocycles. The Bertz CT molecular complexity index is 1120. The van der Waals surface area contributed by atoms with Crippen molar-refractivity contribution in [3.05, 3.63) is 95.1 Å². The summed E-state index contributed by atoms with van der Waals surface area (Å²) in [4.78, 5) is 37.1. The molecule has 2 amide bonds. The van der Waals surface area contributed by atoms with Crippen LogP contribution in [0.15, 0.2) is 72.8 Å². The van der Waals surface area contributed by atoms with Gasteiger partial charge >= 0.3 is 5.97 Å². The highest BCUT2D eigenvalue weighted by Gasteiger charge is 2.16. The van der Waals surface area contributed by atoms with Crippen LogP contribution in [0.4, 0.5) is 5.69 Å². The van der Waals surface area contributed by atoms with Gasteiger partial charge in [-0.1, -0.05) is 54.1 Å². The fourth-order valence-corrected chi connectivity index (χ4v) is 3.20. The summed E-state index contributed by atoms with van der Waals surface area (Å²) in [5, 5.41) is 5.48.